The Labute approximate surface area is 107 Å². The van der Waals surface area contributed by atoms with Crippen molar-refractivity contribution in [2.24, 2.45) is 0 Å². The van der Waals surface area contributed by atoms with Crippen molar-refractivity contribution in [3.8, 4) is 0 Å². The van der Waals surface area contributed by atoms with Gasteiger partial charge in [0.15, 0.2) is 0 Å². The Kier molecular flexibility index (Phi) is 4.73. The lowest BCUT2D eigenvalue weighted by molar-refractivity contribution is -0.139. The number of esters is 1. The predicted octanol–water partition coefficient (Wildman–Crippen LogP) is 1.71. The molecular weight excluding hydrogens is 232 g/mol. The number of carbonyl (C=O) groups is 1. The molecule has 1 aliphatic rings. The molecular formula is C14H18O4. The summed E-state index contributed by atoms with van der Waals surface area (Å²) in [6.45, 7) is 1.95. The van der Waals surface area contributed by atoms with Crippen molar-refractivity contribution >= 4 is 5.97 Å². The van der Waals surface area contributed by atoms with Gasteiger partial charge in [-0.3, -0.25) is 4.79 Å². The molecule has 0 radical (unpaired) electrons. The summed E-state index contributed by atoms with van der Waals surface area (Å²) in [6, 6.07) is 7.78. The Balaban J connectivity index is 1.95. The molecule has 0 aliphatic carbocycles. The van der Waals surface area contributed by atoms with Crippen molar-refractivity contribution in [2.75, 3.05) is 20.3 Å². The molecule has 0 saturated carbocycles. The number of carbonyl (C=O) groups excluding carboxylic acids is 1. The van der Waals surface area contributed by atoms with Crippen LogP contribution in [0.4, 0.5) is 0 Å². The van der Waals surface area contributed by atoms with E-state index in [1.54, 1.807) is 0 Å². The first-order valence-corrected chi connectivity index (χ1v) is 6.12. The quantitative estimate of drug-likeness (QED) is 0.746. The van der Waals surface area contributed by atoms with Gasteiger partial charge in [-0.25, -0.2) is 0 Å². The van der Waals surface area contributed by atoms with Crippen molar-refractivity contribution in [1.29, 1.82) is 0 Å². The summed E-state index contributed by atoms with van der Waals surface area (Å²) in [5.41, 5.74) is 2.00. The van der Waals surface area contributed by atoms with Gasteiger partial charge in [0.25, 0.3) is 0 Å². The second-order valence-corrected chi connectivity index (χ2v) is 4.32. The molecule has 4 heteroatoms. The number of hydrogen-bond donors (Lipinski definition) is 0. The molecule has 0 spiro atoms. The summed E-state index contributed by atoms with van der Waals surface area (Å²) in [4.78, 5) is 11.3. The average Bonchev–Trinajstić information content (AvgIpc) is 2.91. The largest absolute Gasteiger partial charge is 0.469 e. The van der Waals surface area contributed by atoms with Gasteiger partial charge in [0, 0.05) is 6.61 Å². The maximum Gasteiger partial charge on any atom is 0.309 e. The van der Waals surface area contributed by atoms with Crippen LogP contribution in [0.3, 0.4) is 0 Å². The van der Waals surface area contributed by atoms with E-state index in [9.17, 15) is 4.79 Å². The van der Waals surface area contributed by atoms with Gasteiger partial charge in [0.2, 0.25) is 0 Å². The first-order chi connectivity index (χ1) is 8.79. The van der Waals surface area contributed by atoms with E-state index in [0.717, 1.165) is 24.2 Å². The van der Waals surface area contributed by atoms with E-state index in [4.69, 9.17) is 9.47 Å². The third-order valence-electron chi connectivity index (χ3n) is 3.04. The van der Waals surface area contributed by atoms with Crippen molar-refractivity contribution in [3.05, 3.63) is 35.4 Å². The minimum atomic E-state index is -0.230. The maximum absolute atomic E-state index is 11.3. The monoisotopic (exact) mass is 250 g/mol. The highest BCUT2D eigenvalue weighted by molar-refractivity contribution is 5.72. The lowest BCUT2D eigenvalue weighted by atomic mass is 10.1. The maximum atomic E-state index is 11.3. The molecule has 1 atom stereocenters. The van der Waals surface area contributed by atoms with Crippen LogP contribution in [0, 0.1) is 0 Å². The molecule has 1 aromatic carbocycles. The van der Waals surface area contributed by atoms with Crippen LogP contribution in [0.1, 0.15) is 17.5 Å². The van der Waals surface area contributed by atoms with Crippen LogP contribution in [0.5, 0.6) is 0 Å². The summed E-state index contributed by atoms with van der Waals surface area (Å²) in [6.07, 6.45) is 1.41. The molecule has 98 valence electrons. The van der Waals surface area contributed by atoms with E-state index in [0.29, 0.717) is 13.2 Å². The molecule has 1 unspecified atom stereocenters. The molecule has 1 saturated heterocycles. The average molecular weight is 250 g/mol. The van der Waals surface area contributed by atoms with Crippen LogP contribution < -0.4 is 0 Å². The Morgan fingerprint density at radius 1 is 1.39 bits per heavy atom. The molecule has 0 aromatic heterocycles. The molecule has 4 nitrogen and oxygen atoms in total. The second kappa shape index (κ2) is 6.52. The lowest BCUT2D eigenvalue weighted by Gasteiger charge is -2.12. The van der Waals surface area contributed by atoms with Gasteiger partial charge in [-0.15, -0.1) is 0 Å². The normalized spacial score (nSPS) is 18.8. The van der Waals surface area contributed by atoms with Crippen LogP contribution in [0.25, 0.3) is 0 Å². The molecule has 18 heavy (non-hydrogen) atoms. The van der Waals surface area contributed by atoms with Crippen molar-refractivity contribution in [2.45, 2.75) is 25.6 Å². The van der Waals surface area contributed by atoms with Crippen molar-refractivity contribution in [1.82, 2.24) is 0 Å². The molecule has 1 fully saturated rings. The molecule has 0 amide bonds. The highest BCUT2D eigenvalue weighted by atomic mass is 16.5. The van der Waals surface area contributed by atoms with Gasteiger partial charge >= 0.3 is 5.97 Å². The van der Waals surface area contributed by atoms with Gasteiger partial charge < -0.3 is 14.2 Å². The smallest absolute Gasteiger partial charge is 0.309 e. The Hall–Kier alpha value is -1.39. The number of rotatable bonds is 5. The lowest BCUT2D eigenvalue weighted by Crippen LogP contribution is -2.13. The first-order valence-electron chi connectivity index (χ1n) is 6.12. The molecule has 2 rings (SSSR count). The minimum Gasteiger partial charge on any atom is -0.469 e. The van der Waals surface area contributed by atoms with Crippen LogP contribution >= 0.6 is 0 Å². The minimum absolute atomic E-state index is 0.177. The van der Waals surface area contributed by atoms with E-state index < -0.39 is 0 Å². The predicted molar refractivity (Wildman–Crippen MR) is 66.2 cm³/mol. The molecule has 1 aromatic rings. The van der Waals surface area contributed by atoms with Gasteiger partial charge in [-0.1, -0.05) is 24.3 Å². The summed E-state index contributed by atoms with van der Waals surface area (Å²) >= 11 is 0. The summed E-state index contributed by atoms with van der Waals surface area (Å²) in [7, 11) is 1.40. The fraction of sp³-hybridized carbons (Fsp3) is 0.500. The topological polar surface area (TPSA) is 44.8 Å². The second-order valence-electron chi connectivity index (χ2n) is 4.32. The van der Waals surface area contributed by atoms with Crippen LogP contribution in [-0.2, 0) is 32.0 Å². The van der Waals surface area contributed by atoms with Crippen LogP contribution in [-0.4, -0.2) is 32.4 Å². The first kappa shape index (κ1) is 13.1. The van der Waals surface area contributed by atoms with E-state index in [1.165, 1.54) is 7.11 Å². The summed E-state index contributed by atoms with van der Waals surface area (Å²) < 4.78 is 15.7. The number of benzene rings is 1. The molecule has 1 aliphatic heterocycles. The van der Waals surface area contributed by atoms with E-state index >= 15 is 0 Å². The van der Waals surface area contributed by atoms with Crippen LogP contribution in [0.2, 0.25) is 0 Å². The number of hydrogen-bond acceptors (Lipinski definition) is 4. The fourth-order valence-corrected chi connectivity index (χ4v) is 1.95. The van der Waals surface area contributed by atoms with Gasteiger partial charge in [0.1, 0.15) is 0 Å². The van der Waals surface area contributed by atoms with E-state index in [2.05, 4.69) is 4.74 Å². The zero-order chi connectivity index (χ0) is 12.8. The standard InChI is InChI=1S/C14H18O4/c1-16-14(15)8-11-4-2-3-5-12(11)9-18-13-6-7-17-10-13/h2-5,13H,6-10H2,1H3. The number of ether oxygens (including phenoxy) is 3. The Morgan fingerprint density at radius 3 is 2.83 bits per heavy atom. The Morgan fingerprint density at radius 2 is 2.17 bits per heavy atom. The fourth-order valence-electron chi connectivity index (χ4n) is 1.95. The van der Waals surface area contributed by atoms with Crippen molar-refractivity contribution in [3.63, 3.8) is 0 Å². The third-order valence-corrected chi connectivity index (χ3v) is 3.04. The zero-order valence-corrected chi connectivity index (χ0v) is 10.6. The SMILES string of the molecule is COC(=O)Cc1ccccc1COC1CCOC1. The number of methoxy groups -OCH3 is 1. The third kappa shape index (κ3) is 3.55. The van der Waals surface area contributed by atoms with Crippen molar-refractivity contribution < 1.29 is 19.0 Å². The van der Waals surface area contributed by atoms with Gasteiger partial charge in [-0.2, -0.15) is 0 Å². The molecule has 0 N–H and O–H groups in total. The summed E-state index contributed by atoms with van der Waals surface area (Å²) in [5, 5.41) is 0. The highest BCUT2D eigenvalue weighted by Gasteiger charge is 2.16. The zero-order valence-electron chi connectivity index (χ0n) is 10.6. The van der Waals surface area contributed by atoms with E-state index in [1.807, 2.05) is 24.3 Å². The van der Waals surface area contributed by atoms with Crippen LogP contribution in [0.15, 0.2) is 24.3 Å². The summed E-state index contributed by atoms with van der Waals surface area (Å²) in [5.74, 6) is -0.230. The Bertz CT molecular complexity index is 397. The molecule has 0 bridgehead atoms. The molecule has 1 heterocycles. The van der Waals surface area contributed by atoms with Gasteiger partial charge in [0.05, 0.1) is 32.8 Å². The highest BCUT2D eigenvalue weighted by Crippen LogP contribution is 2.15. The van der Waals surface area contributed by atoms with E-state index in [-0.39, 0.29) is 18.5 Å². The van der Waals surface area contributed by atoms with Gasteiger partial charge in [-0.05, 0) is 17.5 Å².